The molecule has 0 unspecified atom stereocenters. The molecule has 0 fully saturated rings. The van der Waals surface area contributed by atoms with Crippen LogP contribution in [0.3, 0.4) is 0 Å². The smallest absolute Gasteiger partial charge is 0.341 e. The SMILES string of the molecule is CCOC(=O)c1cc(N)cnc1NCc1nc(C)cs1. The standard InChI is InChI=1S/C13H16N4O2S/c1-3-19-13(18)10-4-9(14)5-15-12(10)16-6-11-17-8(2)7-20-11/h4-5,7H,3,6,14H2,1-2H3,(H,15,16). The molecule has 2 rings (SSSR count). The summed E-state index contributed by atoms with van der Waals surface area (Å²) in [6, 6.07) is 1.56. The number of nitrogens with zero attached hydrogens (tertiary/aromatic N) is 2. The number of hydrogen-bond donors (Lipinski definition) is 2. The molecule has 7 heteroatoms. The van der Waals surface area contributed by atoms with E-state index in [2.05, 4.69) is 15.3 Å². The number of carbonyl (C=O) groups excluding carboxylic acids is 1. The monoisotopic (exact) mass is 292 g/mol. The number of anilines is 2. The largest absolute Gasteiger partial charge is 0.462 e. The number of nitrogen functional groups attached to an aromatic ring is 1. The summed E-state index contributed by atoms with van der Waals surface area (Å²) < 4.78 is 4.99. The van der Waals surface area contributed by atoms with Crippen LogP contribution in [0.25, 0.3) is 0 Å². The second kappa shape index (κ2) is 6.33. The second-order valence-electron chi connectivity index (χ2n) is 4.12. The van der Waals surface area contributed by atoms with E-state index in [0.29, 0.717) is 30.2 Å². The topological polar surface area (TPSA) is 90.1 Å². The van der Waals surface area contributed by atoms with Crippen molar-refractivity contribution >= 4 is 28.8 Å². The van der Waals surface area contributed by atoms with Crippen molar-refractivity contribution < 1.29 is 9.53 Å². The highest BCUT2D eigenvalue weighted by molar-refractivity contribution is 7.09. The van der Waals surface area contributed by atoms with Crippen LogP contribution in [0.5, 0.6) is 0 Å². The number of thiazole rings is 1. The summed E-state index contributed by atoms with van der Waals surface area (Å²) in [5.74, 6) is 0.00984. The highest BCUT2D eigenvalue weighted by Gasteiger charge is 2.14. The maximum Gasteiger partial charge on any atom is 0.341 e. The molecule has 0 saturated carbocycles. The minimum atomic E-state index is -0.440. The van der Waals surface area contributed by atoms with Crippen LogP contribution in [0.1, 0.15) is 28.0 Å². The van der Waals surface area contributed by atoms with Crippen LogP contribution in [-0.4, -0.2) is 22.5 Å². The van der Waals surface area contributed by atoms with Gasteiger partial charge in [0.05, 0.1) is 25.0 Å². The summed E-state index contributed by atoms with van der Waals surface area (Å²) in [6.07, 6.45) is 1.50. The van der Waals surface area contributed by atoms with E-state index in [1.165, 1.54) is 6.20 Å². The fourth-order valence-electron chi connectivity index (χ4n) is 1.63. The Hall–Kier alpha value is -2.15. The van der Waals surface area contributed by atoms with Gasteiger partial charge in [0.2, 0.25) is 0 Å². The first kappa shape index (κ1) is 14.3. The molecule has 0 radical (unpaired) electrons. The molecule has 0 aliphatic heterocycles. The van der Waals surface area contributed by atoms with Gasteiger partial charge in [0, 0.05) is 11.1 Å². The molecule has 0 amide bonds. The number of nitrogens with two attached hydrogens (primary N) is 1. The van der Waals surface area contributed by atoms with Crippen LogP contribution >= 0.6 is 11.3 Å². The lowest BCUT2D eigenvalue weighted by atomic mass is 10.2. The molecule has 0 atom stereocenters. The zero-order valence-corrected chi connectivity index (χ0v) is 12.2. The van der Waals surface area contributed by atoms with Crippen LogP contribution in [0, 0.1) is 6.92 Å². The molecule has 0 aliphatic carbocycles. The van der Waals surface area contributed by atoms with Crippen LogP contribution in [-0.2, 0) is 11.3 Å². The Morgan fingerprint density at radius 1 is 1.55 bits per heavy atom. The molecule has 0 spiro atoms. The number of hydrogen-bond acceptors (Lipinski definition) is 7. The Morgan fingerprint density at radius 3 is 3.00 bits per heavy atom. The van der Waals surface area contributed by atoms with Gasteiger partial charge in [-0.15, -0.1) is 11.3 Å². The van der Waals surface area contributed by atoms with Crippen LogP contribution < -0.4 is 11.1 Å². The fourth-order valence-corrected chi connectivity index (χ4v) is 2.34. The molecule has 6 nitrogen and oxygen atoms in total. The molecule has 2 aromatic rings. The number of ether oxygens (including phenoxy) is 1. The highest BCUT2D eigenvalue weighted by Crippen LogP contribution is 2.18. The van der Waals surface area contributed by atoms with E-state index in [9.17, 15) is 4.79 Å². The minimum Gasteiger partial charge on any atom is -0.462 e. The average molecular weight is 292 g/mol. The molecule has 0 bridgehead atoms. The Labute approximate surface area is 121 Å². The zero-order chi connectivity index (χ0) is 14.5. The number of rotatable bonds is 5. The molecule has 0 aromatic carbocycles. The van der Waals surface area contributed by atoms with E-state index < -0.39 is 5.97 Å². The predicted molar refractivity (Wildman–Crippen MR) is 78.8 cm³/mol. The number of aromatic nitrogens is 2. The van der Waals surface area contributed by atoms with Gasteiger partial charge in [-0.3, -0.25) is 0 Å². The fraction of sp³-hybridized carbons (Fsp3) is 0.308. The molecule has 2 heterocycles. The number of pyridine rings is 1. The van der Waals surface area contributed by atoms with Crippen molar-refractivity contribution in [3.8, 4) is 0 Å². The molecule has 3 N–H and O–H groups in total. The van der Waals surface area contributed by atoms with Crippen molar-refractivity contribution in [2.75, 3.05) is 17.7 Å². The van der Waals surface area contributed by atoms with Gasteiger partial charge in [0.25, 0.3) is 0 Å². The van der Waals surface area contributed by atoms with Gasteiger partial charge in [-0.1, -0.05) is 0 Å². The van der Waals surface area contributed by atoms with Gasteiger partial charge in [-0.25, -0.2) is 14.8 Å². The zero-order valence-electron chi connectivity index (χ0n) is 11.3. The summed E-state index contributed by atoms with van der Waals surface area (Å²) in [5.41, 5.74) is 7.39. The highest BCUT2D eigenvalue weighted by atomic mass is 32.1. The number of aryl methyl sites for hydroxylation is 1. The van der Waals surface area contributed by atoms with Crippen molar-refractivity contribution in [3.63, 3.8) is 0 Å². The summed E-state index contributed by atoms with van der Waals surface area (Å²) in [5, 5.41) is 5.99. The molecule has 20 heavy (non-hydrogen) atoms. The first-order valence-corrected chi connectivity index (χ1v) is 7.05. The number of nitrogens with one attached hydrogen (secondary N) is 1. The first-order chi connectivity index (χ1) is 9.60. The van der Waals surface area contributed by atoms with Gasteiger partial charge < -0.3 is 15.8 Å². The van der Waals surface area contributed by atoms with Crippen molar-refractivity contribution in [1.82, 2.24) is 9.97 Å². The predicted octanol–water partition coefficient (Wildman–Crippen LogP) is 2.22. The number of esters is 1. The Kier molecular flexibility index (Phi) is 4.52. The van der Waals surface area contributed by atoms with Gasteiger partial charge >= 0.3 is 5.97 Å². The lowest BCUT2D eigenvalue weighted by Gasteiger charge is -2.10. The molecule has 2 aromatic heterocycles. The van der Waals surface area contributed by atoms with Gasteiger partial charge in [0.1, 0.15) is 16.4 Å². The van der Waals surface area contributed by atoms with E-state index in [0.717, 1.165) is 10.7 Å². The molecular formula is C13H16N4O2S. The lowest BCUT2D eigenvalue weighted by molar-refractivity contribution is 0.0527. The number of carbonyl (C=O) groups is 1. The molecule has 0 saturated heterocycles. The minimum absolute atomic E-state index is 0.304. The summed E-state index contributed by atoms with van der Waals surface area (Å²) >= 11 is 1.55. The molecular weight excluding hydrogens is 276 g/mol. The van der Waals surface area contributed by atoms with Crippen molar-refractivity contribution in [2.45, 2.75) is 20.4 Å². The summed E-state index contributed by atoms with van der Waals surface area (Å²) in [6.45, 7) is 4.50. The van der Waals surface area contributed by atoms with E-state index in [-0.39, 0.29) is 0 Å². The maximum atomic E-state index is 11.9. The average Bonchev–Trinajstić information content (AvgIpc) is 2.83. The molecule has 106 valence electrons. The van der Waals surface area contributed by atoms with E-state index in [1.807, 2.05) is 12.3 Å². The van der Waals surface area contributed by atoms with Gasteiger partial charge in [-0.05, 0) is 19.9 Å². The van der Waals surface area contributed by atoms with E-state index in [1.54, 1.807) is 24.3 Å². The Bertz CT molecular complexity index is 612. The van der Waals surface area contributed by atoms with Crippen LogP contribution in [0.2, 0.25) is 0 Å². The Balaban J connectivity index is 2.16. The Morgan fingerprint density at radius 2 is 2.35 bits per heavy atom. The summed E-state index contributed by atoms with van der Waals surface area (Å²) in [7, 11) is 0. The third-order valence-corrected chi connectivity index (χ3v) is 3.44. The van der Waals surface area contributed by atoms with Crippen LogP contribution in [0.15, 0.2) is 17.6 Å². The summed E-state index contributed by atoms with van der Waals surface area (Å²) in [4.78, 5) is 20.3. The maximum absolute atomic E-state index is 11.9. The quantitative estimate of drug-likeness (QED) is 0.821. The van der Waals surface area contributed by atoms with Crippen molar-refractivity contribution in [3.05, 3.63) is 33.9 Å². The van der Waals surface area contributed by atoms with E-state index in [4.69, 9.17) is 10.5 Å². The van der Waals surface area contributed by atoms with Crippen molar-refractivity contribution in [2.24, 2.45) is 0 Å². The third-order valence-electron chi connectivity index (χ3n) is 2.48. The second-order valence-corrected chi connectivity index (χ2v) is 5.06. The van der Waals surface area contributed by atoms with Gasteiger partial charge in [0.15, 0.2) is 0 Å². The van der Waals surface area contributed by atoms with Crippen LogP contribution in [0.4, 0.5) is 11.5 Å². The van der Waals surface area contributed by atoms with Gasteiger partial charge in [-0.2, -0.15) is 0 Å². The lowest BCUT2D eigenvalue weighted by Crippen LogP contribution is -2.12. The van der Waals surface area contributed by atoms with E-state index >= 15 is 0 Å². The normalized spacial score (nSPS) is 10.3. The third kappa shape index (κ3) is 3.45. The first-order valence-electron chi connectivity index (χ1n) is 6.17. The van der Waals surface area contributed by atoms with Crippen molar-refractivity contribution in [1.29, 1.82) is 0 Å². The molecule has 0 aliphatic rings.